The summed E-state index contributed by atoms with van der Waals surface area (Å²) in [5.74, 6) is -0.181. The van der Waals surface area contributed by atoms with Crippen molar-refractivity contribution in [2.45, 2.75) is 0 Å². The van der Waals surface area contributed by atoms with Crippen LogP contribution in [-0.2, 0) is 0 Å². The molecular formula is C16H10BrClN2O. The number of nitrogens with zero attached hydrogens (tertiary/aromatic N) is 1. The molecule has 1 amide bonds. The Hall–Kier alpha value is -1.91. The zero-order valence-corrected chi connectivity index (χ0v) is 13.1. The topological polar surface area (TPSA) is 42.0 Å². The molecule has 1 aromatic heterocycles. The first-order valence-electron chi connectivity index (χ1n) is 6.25. The van der Waals surface area contributed by atoms with E-state index >= 15 is 0 Å². The van der Waals surface area contributed by atoms with Gasteiger partial charge >= 0.3 is 0 Å². The van der Waals surface area contributed by atoms with Crippen molar-refractivity contribution < 1.29 is 4.79 Å². The van der Waals surface area contributed by atoms with Crippen molar-refractivity contribution in [3.8, 4) is 0 Å². The molecule has 0 aliphatic carbocycles. The van der Waals surface area contributed by atoms with Crippen molar-refractivity contribution in [2.75, 3.05) is 5.32 Å². The number of amides is 1. The van der Waals surface area contributed by atoms with Gasteiger partial charge in [0.05, 0.1) is 11.2 Å². The third-order valence-electron chi connectivity index (χ3n) is 3.06. The quantitative estimate of drug-likeness (QED) is 0.705. The molecule has 0 saturated heterocycles. The fourth-order valence-electron chi connectivity index (χ4n) is 2.02. The lowest BCUT2D eigenvalue weighted by molar-refractivity contribution is 0.102. The van der Waals surface area contributed by atoms with E-state index in [4.69, 9.17) is 11.6 Å². The molecule has 3 nitrogen and oxygen atoms in total. The number of nitrogens with one attached hydrogen (secondary N) is 1. The Balaban J connectivity index is 1.96. The number of carbonyl (C=O) groups is 1. The van der Waals surface area contributed by atoms with Gasteiger partial charge in [0.2, 0.25) is 0 Å². The van der Waals surface area contributed by atoms with Crippen LogP contribution >= 0.6 is 27.5 Å². The molecule has 0 fully saturated rings. The number of halogens is 2. The van der Waals surface area contributed by atoms with Crippen LogP contribution in [0.5, 0.6) is 0 Å². The molecule has 0 radical (unpaired) electrons. The van der Waals surface area contributed by atoms with Crippen LogP contribution in [0.3, 0.4) is 0 Å². The van der Waals surface area contributed by atoms with Crippen molar-refractivity contribution in [2.24, 2.45) is 0 Å². The van der Waals surface area contributed by atoms with E-state index in [0.29, 0.717) is 10.6 Å². The molecule has 2 aromatic carbocycles. The number of fused-ring (bicyclic) bond motifs is 1. The van der Waals surface area contributed by atoms with Gasteiger partial charge in [0.25, 0.3) is 5.91 Å². The van der Waals surface area contributed by atoms with Crippen molar-refractivity contribution in [1.82, 2.24) is 4.98 Å². The number of hydrogen-bond acceptors (Lipinski definition) is 2. The maximum absolute atomic E-state index is 12.3. The Bertz CT molecular complexity index is 818. The van der Waals surface area contributed by atoms with E-state index in [1.165, 1.54) is 0 Å². The fourth-order valence-corrected chi connectivity index (χ4v) is 2.51. The van der Waals surface area contributed by atoms with Crippen LogP contribution in [0, 0.1) is 0 Å². The molecule has 0 atom stereocenters. The first-order chi connectivity index (χ1) is 10.1. The average Bonchev–Trinajstić information content (AvgIpc) is 2.48. The maximum Gasteiger partial charge on any atom is 0.255 e. The van der Waals surface area contributed by atoms with E-state index in [1.807, 2.05) is 18.2 Å². The number of rotatable bonds is 2. The molecule has 3 rings (SSSR count). The first kappa shape index (κ1) is 14.0. The molecule has 21 heavy (non-hydrogen) atoms. The lowest BCUT2D eigenvalue weighted by Gasteiger charge is -2.09. The predicted octanol–water partition coefficient (Wildman–Crippen LogP) is 4.90. The smallest absolute Gasteiger partial charge is 0.255 e. The highest BCUT2D eigenvalue weighted by molar-refractivity contribution is 9.10. The van der Waals surface area contributed by atoms with Crippen molar-refractivity contribution in [3.05, 3.63) is 69.8 Å². The Labute approximate surface area is 135 Å². The summed E-state index contributed by atoms with van der Waals surface area (Å²) >= 11 is 9.26. The third kappa shape index (κ3) is 3.06. The van der Waals surface area contributed by atoms with Gasteiger partial charge in [0.1, 0.15) is 0 Å². The second kappa shape index (κ2) is 5.84. The molecule has 0 aliphatic heterocycles. The van der Waals surface area contributed by atoms with Crippen LogP contribution in [0.25, 0.3) is 10.9 Å². The largest absolute Gasteiger partial charge is 0.321 e. The highest BCUT2D eigenvalue weighted by Crippen LogP contribution is 2.25. The normalized spacial score (nSPS) is 10.6. The molecule has 1 N–H and O–H groups in total. The van der Waals surface area contributed by atoms with Gasteiger partial charge < -0.3 is 5.32 Å². The molecule has 0 aliphatic rings. The minimum atomic E-state index is -0.181. The molecule has 0 saturated carbocycles. The zero-order valence-electron chi connectivity index (χ0n) is 10.8. The minimum Gasteiger partial charge on any atom is -0.321 e. The van der Waals surface area contributed by atoms with Gasteiger partial charge in [-0.2, -0.15) is 0 Å². The van der Waals surface area contributed by atoms with Crippen LogP contribution in [0.2, 0.25) is 5.02 Å². The number of carbonyl (C=O) groups excluding carboxylic acids is 1. The first-order valence-corrected chi connectivity index (χ1v) is 7.42. The summed E-state index contributed by atoms with van der Waals surface area (Å²) < 4.78 is 0.935. The van der Waals surface area contributed by atoms with Crippen LogP contribution in [-0.4, -0.2) is 10.9 Å². The molecule has 0 unspecified atom stereocenters. The number of benzene rings is 2. The number of anilines is 1. The summed E-state index contributed by atoms with van der Waals surface area (Å²) in [6.07, 6.45) is 1.67. The van der Waals surface area contributed by atoms with Crippen LogP contribution in [0.15, 0.2) is 59.2 Å². The van der Waals surface area contributed by atoms with Crippen LogP contribution < -0.4 is 5.32 Å². The van der Waals surface area contributed by atoms with E-state index in [2.05, 4.69) is 26.2 Å². The lowest BCUT2D eigenvalue weighted by atomic mass is 10.1. The van der Waals surface area contributed by atoms with Crippen molar-refractivity contribution >= 4 is 50.0 Å². The zero-order chi connectivity index (χ0) is 14.8. The summed E-state index contributed by atoms with van der Waals surface area (Å²) in [5, 5.41) is 4.39. The van der Waals surface area contributed by atoms with Gasteiger partial charge in [0.15, 0.2) is 0 Å². The van der Waals surface area contributed by atoms with Gasteiger partial charge in [-0.15, -0.1) is 0 Å². The maximum atomic E-state index is 12.3. The Kier molecular flexibility index (Phi) is 3.90. The number of hydrogen-bond donors (Lipinski definition) is 1. The van der Waals surface area contributed by atoms with Crippen molar-refractivity contribution in [1.29, 1.82) is 0 Å². The van der Waals surface area contributed by atoms with Gasteiger partial charge in [-0.1, -0.05) is 27.5 Å². The van der Waals surface area contributed by atoms with Gasteiger partial charge in [-0.25, -0.2) is 0 Å². The Morgan fingerprint density at radius 1 is 1.10 bits per heavy atom. The summed E-state index contributed by atoms with van der Waals surface area (Å²) in [6.45, 7) is 0. The standard InChI is InChI=1S/C16H10BrClN2O/c17-11-3-6-14-13(9-11)15(7-8-19-14)20-16(21)10-1-4-12(18)5-2-10/h1-9H,(H,19,20,21). The summed E-state index contributed by atoms with van der Waals surface area (Å²) in [7, 11) is 0. The molecule has 3 aromatic rings. The van der Waals surface area contributed by atoms with E-state index in [1.54, 1.807) is 36.5 Å². The van der Waals surface area contributed by atoms with E-state index in [9.17, 15) is 4.79 Å². The highest BCUT2D eigenvalue weighted by atomic mass is 79.9. The second-order valence-electron chi connectivity index (χ2n) is 4.48. The summed E-state index contributed by atoms with van der Waals surface area (Å²) in [5.41, 5.74) is 2.10. The van der Waals surface area contributed by atoms with Crippen LogP contribution in [0.4, 0.5) is 5.69 Å². The van der Waals surface area contributed by atoms with Crippen LogP contribution in [0.1, 0.15) is 10.4 Å². The van der Waals surface area contributed by atoms with Gasteiger partial charge in [-0.05, 0) is 48.5 Å². The van der Waals surface area contributed by atoms with E-state index in [0.717, 1.165) is 21.1 Å². The lowest BCUT2D eigenvalue weighted by Crippen LogP contribution is -2.12. The van der Waals surface area contributed by atoms with E-state index < -0.39 is 0 Å². The molecule has 0 bridgehead atoms. The molecule has 104 valence electrons. The fraction of sp³-hybridized carbons (Fsp3) is 0. The van der Waals surface area contributed by atoms with Crippen molar-refractivity contribution in [3.63, 3.8) is 0 Å². The molecule has 1 heterocycles. The number of aromatic nitrogens is 1. The molecule has 5 heteroatoms. The SMILES string of the molecule is O=C(Nc1ccnc2ccc(Br)cc12)c1ccc(Cl)cc1. The predicted molar refractivity (Wildman–Crippen MR) is 88.8 cm³/mol. The Morgan fingerprint density at radius 2 is 1.86 bits per heavy atom. The summed E-state index contributed by atoms with van der Waals surface area (Å²) in [6, 6.07) is 14.3. The van der Waals surface area contributed by atoms with E-state index in [-0.39, 0.29) is 5.91 Å². The average molecular weight is 362 g/mol. The monoisotopic (exact) mass is 360 g/mol. The molecular weight excluding hydrogens is 352 g/mol. The molecule has 0 spiro atoms. The third-order valence-corrected chi connectivity index (χ3v) is 3.80. The van der Waals surface area contributed by atoms with Gasteiger partial charge in [0, 0.05) is 26.6 Å². The highest BCUT2D eigenvalue weighted by Gasteiger charge is 2.09. The summed E-state index contributed by atoms with van der Waals surface area (Å²) in [4.78, 5) is 16.6. The number of pyridine rings is 1. The second-order valence-corrected chi connectivity index (χ2v) is 5.83. The Morgan fingerprint density at radius 3 is 2.62 bits per heavy atom. The van der Waals surface area contributed by atoms with Gasteiger partial charge in [-0.3, -0.25) is 9.78 Å². The minimum absolute atomic E-state index is 0.181.